The number of benzene rings is 2. The van der Waals surface area contributed by atoms with Crippen LogP contribution in [0.1, 0.15) is 24.1 Å². The van der Waals surface area contributed by atoms with E-state index in [9.17, 15) is 13.2 Å². The summed E-state index contributed by atoms with van der Waals surface area (Å²) in [5, 5.41) is 3.28. The molecule has 0 bridgehead atoms. The molecule has 2 aromatic carbocycles. The van der Waals surface area contributed by atoms with E-state index in [4.69, 9.17) is 23.2 Å². The Morgan fingerprint density at radius 3 is 2.24 bits per heavy atom. The minimum Gasteiger partial charge on any atom is -0.306 e. The number of nitrogens with one attached hydrogen (secondary N) is 1. The lowest BCUT2D eigenvalue weighted by molar-refractivity contribution is 0.502. The second-order valence-corrected chi connectivity index (χ2v) is 5.29. The van der Waals surface area contributed by atoms with E-state index in [0.717, 1.165) is 18.2 Å². The highest BCUT2D eigenvalue weighted by molar-refractivity contribution is 6.31. The number of hydrogen-bond donors (Lipinski definition) is 1. The maximum absolute atomic E-state index is 14.1. The molecule has 0 spiro atoms. The van der Waals surface area contributed by atoms with Gasteiger partial charge < -0.3 is 5.32 Å². The van der Waals surface area contributed by atoms with Crippen LogP contribution in [0.15, 0.2) is 30.3 Å². The Morgan fingerprint density at radius 1 is 0.952 bits per heavy atom. The first-order valence-electron chi connectivity index (χ1n) is 6.26. The van der Waals surface area contributed by atoms with Crippen molar-refractivity contribution in [3.8, 4) is 0 Å². The van der Waals surface area contributed by atoms with Crippen LogP contribution in [-0.4, -0.2) is 6.54 Å². The van der Waals surface area contributed by atoms with Crippen LogP contribution in [0.3, 0.4) is 0 Å². The summed E-state index contributed by atoms with van der Waals surface area (Å²) in [6.45, 7) is 2.30. The zero-order valence-corrected chi connectivity index (χ0v) is 12.6. The van der Waals surface area contributed by atoms with Gasteiger partial charge in [0.15, 0.2) is 11.6 Å². The normalized spacial score (nSPS) is 12.5. The van der Waals surface area contributed by atoms with Crippen molar-refractivity contribution in [1.29, 1.82) is 0 Å². The van der Waals surface area contributed by atoms with E-state index >= 15 is 0 Å². The molecule has 0 heterocycles. The van der Waals surface area contributed by atoms with Crippen molar-refractivity contribution in [1.82, 2.24) is 5.32 Å². The Hall–Kier alpha value is -1.23. The summed E-state index contributed by atoms with van der Waals surface area (Å²) < 4.78 is 40.7. The van der Waals surface area contributed by atoms with E-state index in [-0.39, 0.29) is 21.2 Å². The van der Waals surface area contributed by atoms with Gasteiger partial charge in [-0.1, -0.05) is 36.2 Å². The average Bonchev–Trinajstić information content (AvgIpc) is 2.41. The molecule has 2 rings (SSSR count). The Kier molecular flexibility index (Phi) is 5.14. The Balaban J connectivity index is 2.55. The van der Waals surface area contributed by atoms with Crippen LogP contribution in [0.25, 0.3) is 0 Å². The summed E-state index contributed by atoms with van der Waals surface area (Å²) in [7, 11) is 0. The van der Waals surface area contributed by atoms with Gasteiger partial charge in [-0.05, 0) is 36.4 Å². The van der Waals surface area contributed by atoms with E-state index < -0.39 is 23.5 Å². The van der Waals surface area contributed by atoms with Crippen LogP contribution in [0, 0.1) is 17.5 Å². The van der Waals surface area contributed by atoms with E-state index in [1.165, 1.54) is 12.1 Å². The summed E-state index contributed by atoms with van der Waals surface area (Å²) in [5.41, 5.74) is 0.521. The van der Waals surface area contributed by atoms with Gasteiger partial charge in [-0.3, -0.25) is 0 Å². The fourth-order valence-electron chi connectivity index (χ4n) is 2.09. The molecule has 0 aliphatic heterocycles. The average molecular weight is 334 g/mol. The molecule has 0 aliphatic rings. The molecule has 0 fully saturated rings. The minimum absolute atomic E-state index is 0.0224. The maximum Gasteiger partial charge on any atom is 0.160 e. The van der Waals surface area contributed by atoms with Crippen LogP contribution in [0.4, 0.5) is 13.2 Å². The summed E-state index contributed by atoms with van der Waals surface area (Å²) in [4.78, 5) is 0. The van der Waals surface area contributed by atoms with Gasteiger partial charge in [0.05, 0.1) is 6.04 Å². The van der Waals surface area contributed by atoms with Crippen LogP contribution in [-0.2, 0) is 0 Å². The first kappa shape index (κ1) is 16.1. The van der Waals surface area contributed by atoms with Gasteiger partial charge in [-0.25, -0.2) is 13.2 Å². The zero-order chi connectivity index (χ0) is 15.6. The minimum atomic E-state index is -1.05. The molecule has 112 valence electrons. The zero-order valence-electron chi connectivity index (χ0n) is 11.1. The van der Waals surface area contributed by atoms with Crippen LogP contribution in [0.5, 0.6) is 0 Å². The van der Waals surface area contributed by atoms with Crippen molar-refractivity contribution in [2.45, 2.75) is 13.0 Å². The SMILES string of the molecule is CCNC(c1ccc(Cl)cc1F)c1cc(F)c(F)cc1Cl. The lowest BCUT2D eigenvalue weighted by atomic mass is 9.97. The van der Waals surface area contributed by atoms with Gasteiger partial charge in [-0.15, -0.1) is 0 Å². The number of halogens is 5. The molecule has 2 aromatic rings. The lowest BCUT2D eigenvalue weighted by Crippen LogP contribution is -2.23. The molecule has 1 nitrogen and oxygen atoms in total. The van der Waals surface area contributed by atoms with Crippen LogP contribution in [0.2, 0.25) is 10.0 Å². The van der Waals surface area contributed by atoms with Gasteiger partial charge in [-0.2, -0.15) is 0 Å². The third-order valence-electron chi connectivity index (χ3n) is 3.03. The summed E-state index contributed by atoms with van der Waals surface area (Å²) >= 11 is 11.7. The quantitative estimate of drug-likeness (QED) is 0.766. The maximum atomic E-state index is 14.1. The molecule has 21 heavy (non-hydrogen) atoms. The summed E-state index contributed by atoms with van der Waals surface area (Å²) in [6.07, 6.45) is 0. The second kappa shape index (κ2) is 6.69. The summed E-state index contributed by atoms with van der Waals surface area (Å²) in [6, 6.07) is 5.33. The van der Waals surface area contributed by atoms with Crippen molar-refractivity contribution in [3.05, 3.63) is 69.0 Å². The largest absolute Gasteiger partial charge is 0.306 e. The molecule has 0 saturated carbocycles. The Morgan fingerprint density at radius 2 is 1.62 bits per heavy atom. The highest BCUT2D eigenvalue weighted by Crippen LogP contribution is 2.32. The molecule has 6 heteroatoms. The van der Waals surface area contributed by atoms with E-state index in [1.54, 1.807) is 0 Å². The molecule has 1 unspecified atom stereocenters. The standard InChI is InChI=1S/C15H12Cl2F3N/c1-2-21-15(9-4-3-8(16)5-12(9)18)10-6-13(19)14(20)7-11(10)17/h3-7,15,21H,2H2,1H3. The van der Waals surface area contributed by atoms with Crippen LogP contribution < -0.4 is 5.32 Å². The van der Waals surface area contributed by atoms with E-state index in [1.807, 2.05) is 6.92 Å². The molecular formula is C15H12Cl2F3N. The monoisotopic (exact) mass is 333 g/mol. The highest BCUT2D eigenvalue weighted by Gasteiger charge is 2.21. The van der Waals surface area contributed by atoms with Gasteiger partial charge in [0.2, 0.25) is 0 Å². The highest BCUT2D eigenvalue weighted by atomic mass is 35.5. The molecular weight excluding hydrogens is 322 g/mol. The van der Waals surface area contributed by atoms with Crippen LogP contribution >= 0.6 is 23.2 Å². The van der Waals surface area contributed by atoms with Gasteiger partial charge in [0.25, 0.3) is 0 Å². The smallest absolute Gasteiger partial charge is 0.160 e. The molecule has 0 aromatic heterocycles. The Bertz CT molecular complexity index is 662. The van der Waals surface area contributed by atoms with Gasteiger partial charge >= 0.3 is 0 Å². The Labute approximate surface area is 130 Å². The van der Waals surface area contributed by atoms with E-state index in [0.29, 0.717) is 6.54 Å². The number of hydrogen-bond acceptors (Lipinski definition) is 1. The van der Waals surface area contributed by atoms with E-state index in [2.05, 4.69) is 5.32 Å². The number of rotatable bonds is 4. The first-order valence-corrected chi connectivity index (χ1v) is 7.02. The third kappa shape index (κ3) is 3.51. The van der Waals surface area contributed by atoms with Gasteiger partial charge in [0, 0.05) is 15.6 Å². The molecule has 1 atom stereocenters. The lowest BCUT2D eigenvalue weighted by Gasteiger charge is -2.21. The fourth-order valence-corrected chi connectivity index (χ4v) is 2.50. The van der Waals surface area contributed by atoms with Crippen molar-refractivity contribution in [3.63, 3.8) is 0 Å². The molecule has 0 aliphatic carbocycles. The predicted molar refractivity (Wildman–Crippen MR) is 78.3 cm³/mol. The molecule has 0 saturated heterocycles. The first-order chi connectivity index (χ1) is 9.93. The second-order valence-electron chi connectivity index (χ2n) is 4.44. The third-order valence-corrected chi connectivity index (χ3v) is 3.59. The predicted octanol–water partition coefficient (Wildman–Crippen LogP) is 5.11. The van der Waals surface area contributed by atoms with Crippen molar-refractivity contribution in [2.24, 2.45) is 0 Å². The van der Waals surface area contributed by atoms with Crippen molar-refractivity contribution < 1.29 is 13.2 Å². The molecule has 1 N–H and O–H groups in total. The molecule has 0 amide bonds. The van der Waals surface area contributed by atoms with Crippen molar-refractivity contribution >= 4 is 23.2 Å². The molecule has 0 radical (unpaired) electrons. The van der Waals surface area contributed by atoms with Crippen molar-refractivity contribution in [2.75, 3.05) is 6.54 Å². The fraction of sp³-hybridized carbons (Fsp3) is 0.200. The summed E-state index contributed by atoms with van der Waals surface area (Å²) in [5.74, 6) is -2.63. The van der Waals surface area contributed by atoms with Gasteiger partial charge in [0.1, 0.15) is 5.82 Å². The topological polar surface area (TPSA) is 12.0 Å².